The molecule has 0 radical (unpaired) electrons. The van der Waals surface area contributed by atoms with Gasteiger partial charge in [0.15, 0.2) is 0 Å². The second-order valence-corrected chi connectivity index (χ2v) is 13.2. The molecule has 9 atom stereocenters. The van der Waals surface area contributed by atoms with Gasteiger partial charge < -0.3 is 9.84 Å². The number of carbonyl (C=O) groups excluding carboxylic acids is 1. The Morgan fingerprint density at radius 2 is 1.88 bits per heavy atom. The molecule has 5 heteroatoms. The average molecular weight is 486 g/mol. The fraction of sp³-hybridized carbons (Fsp3) is 0.793. The van der Waals surface area contributed by atoms with Crippen LogP contribution in [-0.4, -0.2) is 40.4 Å². The van der Waals surface area contributed by atoms with Crippen molar-refractivity contribution in [3.63, 3.8) is 0 Å². The summed E-state index contributed by atoms with van der Waals surface area (Å²) in [5.74, 6) is 3.98. The van der Waals surface area contributed by atoms with Gasteiger partial charge in [-0.2, -0.15) is 0 Å². The molecule has 0 amide bonds. The number of ketones is 1. The van der Waals surface area contributed by atoms with Gasteiger partial charge in [0.1, 0.15) is 5.78 Å². The van der Waals surface area contributed by atoms with E-state index in [0.717, 1.165) is 43.1 Å². The second-order valence-electron chi connectivity index (χ2n) is 12.2. The quantitative estimate of drug-likeness (QED) is 0.468. The summed E-state index contributed by atoms with van der Waals surface area (Å²) in [7, 11) is 0. The molecule has 4 nitrogen and oxygen atoms in total. The zero-order valence-corrected chi connectivity index (χ0v) is 22.1. The first-order valence-corrected chi connectivity index (χ1v) is 14.7. The van der Waals surface area contributed by atoms with Crippen molar-refractivity contribution in [2.75, 3.05) is 12.4 Å². The molecule has 0 aromatic carbocycles. The Hall–Kier alpha value is -0.910. The molecule has 34 heavy (non-hydrogen) atoms. The van der Waals surface area contributed by atoms with E-state index in [1.54, 1.807) is 24.2 Å². The Labute approximate surface area is 210 Å². The van der Waals surface area contributed by atoms with E-state index < -0.39 is 0 Å². The lowest BCUT2D eigenvalue weighted by Gasteiger charge is -2.61. The van der Waals surface area contributed by atoms with Crippen molar-refractivity contribution < 1.29 is 14.6 Å². The summed E-state index contributed by atoms with van der Waals surface area (Å²) in [6.45, 7) is 7.87. The largest absolute Gasteiger partial charge is 0.390 e. The predicted molar refractivity (Wildman–Crippen MR) is 137 cm³/mol. The number of aromatic nitrogens is 1. The Balaban J connectivity index is 1.29. The van der Waals surface area contributed by atoms with Crippen molar-refractivity contribution in [3.05, 3.63) is 24.5 Å². The van der Waals surface area contributed by atoms with E-state index in [1.807, 2.05) is 12.1 Å². The Morgan fingerprint density at radius 1 is 1.12 bits per heavy atom. The van der Waals surface area contributed by atoms with Gasteiger partial charge in [0.05, 0.1) is 18.0 Å². The Morgan fingerprint density at radius 3 is 2.65 bits per heavy atom. The highest BCUT2D eigenvalue weighted by Crippen LogP contribution is 2.67. The zero-order valence-electron chi connectivity index (χ0n) is 21.2. The number of nitrogens with zero attached hydrogens (tertiary/aromatic N) is 1. The molecule has 1 aromatic heterocycles. The van der Waals surface area contributed by atoms with E-state index in [0.29, 0.717) is 29.3 Å². The summed E-state index contributed by atoms with van der Waals surface area (Å²) >= 11 is 1.67. The van der Waals surface area contributed by atoms with E-state index in [9.17, 15) is 9.90 Å². The molecule has 0 bridgehead atoms. The first-order chi connectivity index (χ1) is 16.4. The number of aliphatic hydroxyl groups excluding tert-OH is 1. The number of pyridine rings is 1. The van der Waals surface area contributed by atoms with Gasteiger partial charge in [-0.15, -0.1) is 11.8 Å². The molecule has 188 valence electrons. The smallest absolute Gasteiger partial charge is 0.146 e. The molecule has 4 saturated carbocycles. The fourth-order valence-electron chi connectivity index (χ4n) is 8.91. The topological polar surface area (TPSA) is 59.4 Å². The number of Topliss-reactive ketones (excluding diaryl/α,β-unsaturated/α-hetero) is 1. The number of aliphatic hydroxyl groups is 1. The van der Waals surface area contributed by atoms with E-state index in [1.165, 1.54) is 32.1 Å². The van der Waals surface area contributed by atoms with Gasteiger partial charge in [-0.05, 0) is 104 Å². The molecule has 5 rings (SSSR count). The molecule has 4 aliphatic carbocycles. The average Bonchev–Trinajstić information content (AvgIpc) is 3.19. The summed E-state index contributed by atoms with van der Waals surface area (Å²) in [5, 5.41) is 10.8. The molecule has 0 spiro atoms. The molecular formula is C29H43NO3S. The maximum atomic E-state index is 13.4. The van der Waals surface area contributed by atoms with Crippen molar-refractivity contribution in [1.29, 1.82) is 0 Å². The van der Waals surface area contributed by atoms with Crippen LogP contribution in [0.5, 0.6) is 0 Å². The number of hydrogen-bond acceptors (Lipinski definition) is 5. The van der Waals surface area contributed by atoms with Crippen LogP contribution < -0.4 is 0 Å². The van der Waals surface area contributed by atoms with Gasteiger partial charge in [0.2, 0.25) is 0 Å². The van der Waals surface area contributed by atoms with Crippen molar-refractivity contribution in [2.45, 2.75) is 95.7 Å². The van der Waals surface area contributed by atoms with Crippen LogP contribution in [0, 0.1) is 40.4 Å². The molecule has 4 fully saturated rings. The van der Waals surface area contributed by atoms with Gasteiger partial charge in [-0.1, -0.05) is 20.8 Å². The third-order valence-corrected chi connectivity index (χ3v) is 11.7. The fourth-order valence-corrected chi connectivity index (χ4v) is 9.73. The maximum Gasteiger partial charge on any atom is 0.146 e. The minimum atomic E-state index is -0.304. The van der Waals surface area contributed by atoms with Crippen LogP contribution in [0.15, 0.2) is 29.4 Å². The molecule has 0 saturated heterocycles. The van der Waals surface area contributed by atoms with Crippen LogP contribution in [0.3, 0.4) is 0 Å². The highest BCUT2D eigenvalue weighted by atomic mass is 32.2. The summed E-state index contributed by atoms with van der Waals surface area (Å²) in [5.41, 5.74) is 0.424. The number of hydrogen-bond donors (Lipinski definition) is 1. The number of ether oxygens (including phenoxy) is 1. The SMILES string of the molecule is CCCO[C@H]1C[C@@]2(C)[C@@H](CC[C@@H]3[C@@H]2CC[C@]2(C)[C@@H](C(=O)CSc4ccncc4)CC[C@@H]32)C[C@@H]1O. The third kappa shape index (κ3) is 4.28. The Kier molecular flexibility index (Phi) is 7.18. The summed E-state index contributed by atoms with van der Waals surface area (Å²) in [4.78, 5) is 18.7. The number of carbonyl (C=O) groups is 1. The van der Waals surface area contributed by atoms with Crippen LogP contribution in [-0.2, 0) is 9.53 Å². The zero-order chi connectivity index (χ0) is 23.9. The van der Waals surface area contributed by atoms with Crippen LogP contribution in [0.4, 0.5) is 0 Å². The number of fused-ring (bicyclic) bond motifs is 5. The van der Waals surface area contributed by atoms with E-state index in [-0.39, 0.29) is 29.0 Å². The van der Waals surface area contributed by atoms with Gasteiger partial charge in [0, 0.05) is 29.8 Å². The highest BCUT2D eigenvalue weighted by molar-refractivity contribution is 8.00. The lowest BCUT2D eigenvalue weighted by Crippen LogP contribution is -2.57. The minimum Gasteiger partial charge on any atom is -0.390 e. The second kappa shape index (κ2) is 9.86. The summed E-state index contributed by atoms with van der Waals surface area (Å²) in [6, 6.07) is 4.00. The maximum absolute atomic E-state index is 13.4. The van der Waals surface area contributed by atoms with Crippen LogP contribution in [0.2, 0.25) is 0 Å². The van der Waals surface area contributed by atoms with Crippen molar-refractivity contribution >= 4 is 17.5 Å². The first-order valence-electron chi connectivity index (χ1n) is 13.7. The molecule has 1 heterocycles. The van der Waals surface area contributed by atoms with E-state index in [4.69, 9.17) is 4.74 Å². The van der Waals surface area contributed by atoms with E-state index in [2.05, 4.69) is 25.8 Å². The van der Waals surface area contributed by atoms with Gasteiger partial charge in [0.25, 0.3) is 0 Å². The van der Waals surface area contributed by atoms with Crippen molar-refractivity contribution in [3.8, 4) is 0 Å². The van der Waals surface area contributed by atoms with Gasteiger partial charge >= 0.3 is 0 Å². The van der Waals surface area contributed by atoms with Crippen LogP contribution in [0.25, 0.3) is 0 Å². The molecule has 0 aliphatic heterocycles. The molecule has 1 aromatic rings. The monoisotopic (exact) mass is 485 g/mol. The lowest BCUT2D eigenvalue weighted by atomic mass is 9.44. The molecule has 1 N–H and O–H groups in total. The Bertz CT molecular complexity index is 864. The van der Waals surface area contributed by atoms with Crippen LogP contribution >= 0.6 is 11.8 Å². The van der Waals surface area contributed by atoms with Crippen molar-refractivity contribution in [2.24, 2.45) is 40.4 Å². The summed E-state index contributed by atoms with van der Waals surface area (Å²) < 4.78 is 6.16. The predicted octanol–water partition coefficient (Wildman–Crippen LogP) is 6.17. The third-order valence-electron chi connectivity index (χ3n) is 10.6. The van der Waals surface area contributed by atoms with Gasteiger partial charge in [-0.25, -0.2) is 0 Å². The number of thioether (sulfide) groups is 1. The van der Waals surface area contributed by atoms with E-state index >= 15 is 0 Å². The number of rotatable bonds is 7. The van der Waals surface area contributed by atoms with Crippen LogP contribution in [0.1, 0.15) is 78.6 Å². The molecule has 4 aliphatic rings. The van der Waals surface area contributed by atoms with Gasteiger partial charge in [-0.3, -0.25) is 9.78 Å². The lowest BCUT2D eigenvalue weighted by molar-refractivity contribution is -0.172. The minimum absolute atomic E-state index is 0.00336. The highest BCUT2D eigenvalue weighted by Gasteiger charge is 2.62. The molecular weight excluding hydrogens is 442 g/mol. The molecule has 0 unspecified atom stereocenters. The first kappa shape index (κ1) is 24.8. The summed E-state index contributed by atoms with van der Waals surface area (Å²) in [6.07, 6.45) is 13.4. The normalized spacial score (nSPS) is 43.6. The standard InChI is InChI=1S/C29H43NO3S/c1-4-15-33-27-17-29(3)19(16-25(27)31)5-6-21-22-7-8-24(28(22,2)12-9-23(21)29)26(32)18-34-20-10-13-30-14-11-20/h10-11,13-14,19,21-25,27,31H,4-9,12,15-18H2,1-3H3/t19-,21-,22-,23-,24+,25-,27-,28-,29-/m0/s1. The van der Waals surface area contributed by atoms with Crippen molar-refractivity contribution in [1.82, 2.24) is 4.98 Å².